The zero-order valence-electron chi connectivity index (χ0n) is 17.3. The Morgan fingerprint density at radius 3 is 2.44 bits per heavy atom. The molecule has 27 heavy (non-hydrogen) atoms. The third-order valence-electron chi connectivity index (χ3n) is 7.20. The van der Waals surface area contributed by atoms with Crippen LogP contribution < -0.4 is 0 Å². The molecule has 2 aliphatic carbocycles. The number of esters is 1. The number of hydrogen-bond acceptors (Lipinski definition) is 3. The molecule has 1 aromatic rings. The predicted molar refractivity (Wildman–Crippen MR) is 107 cm³/mol. The highest BCUT2D eigenvalue weighted by molar-refractivity contribution is 6.07. The van der Waals surface area contributed by atoms with Crippen LogP contribution in [0.1, 0.15) is 65.9 Å². The van der Waals surface area contributed by atoms with Crippen LogP contribution in [-0.4, -0.2) is 18.4 Å². The molecule has 0 radical (unpaired) electrons. The van der Waals surface area contributed by atoms with Crippen molar-refractivity contribution in [3.05, 3.63) is 47.5 Å². The SMILES string of the molecule is CC(C)=CC[C@](C)(COC(=O)[C@@]12CC[C@@H](CC1=O)C2(C)C)c1ccccc1. The number of ether oxygens (including phenoxy) is 1. The molecule has 2 bridgehead atoms. The van der Waals surface area contributed by atoms with Gasteiger partial charge in [0, 0.05) is 11.8 Å². The highest BCUT2D eigenvalue weighted by Gasteiger charge is 2.69. The van der Waals surface area contributed by atoms with Crippen LogP contribution in [0, 0.1) is 16.7 Å². The molecule has 2 saturated carbocycles. The third kappa shape index (κ3) is 3.15. The molecule has 0 N–H and O–H groups in total. The Hall–Kier alpha value is -1.90. The minimum atomic E-state index is -0.939. The first-order valence-corrected chi connectivity index (χ1v) is 10.0. The van der Waals surface area contributed by atoms with Crippen molar-refractivity contribution in [1.29, 1.82) is 0 Å². The standard InChI is InChI=1S/C24H32O3/c1-17(2)11-13-23(5,18-9-7-6-8-10-18)16-27-21(26)24-14-12-19(15-20(24)25)22(24,3)4/h6-11,19H,12-16H2,1-5H3/t19-,23+,24+/m0/s1. The molecule has 0 amide bonds. The van der Waals surface area contributed by atoms with Gasteiger partial charge in [-0.3, -0.25) is 9.59 Å². The number of ketones is 1. The first-order valence-electron chi connectivity index (χ1n) is 10.0. The fourth-order valence-corrected chi connectivity index (χ4v) is 5.03. The van der Waals surface area contributed by atoms with E-state index in [0.29, 0.717) is 18.8 Å². The summed E-state index contributed by atoms with van der Waals surface area (Å²) in [5.74, 6) is 0.0834. The minimum Gasteiger partial charge on any atom is -0.464 e. The van der Waals surface area contributed by atoms with Crippen LogP contribution in [0.15, 0.2) is 42.0 Å². The second-order valence-electron chi connectivity index (χ2n) is 9.48. The summed E-state index contributed by atoms with van der Waals surface area (Å²) in [6.45, 7) is 10.7. The van der Waals surface area contributed by atoms with Crippen molar-refractivity contribution in [2.75, 3.05) is 6.61 Å². The van der Waals surface area contributed by atoms with E-state index in [-0.39, 0.29) is 29.2 Å². The van der Waals surface area contributed by atoms with E-state index in [1.54, 1.807) is 0 Å². The van der Waals surface area contributed by atoms with Crippen molar-refractivity contribution in [3.8, 4) is 0 Å². The molecule has 0 aromatic heterocycles. The topological polar surface area (TPSA) is 43.4 Å². The summed E-state index contributed by atoms with van der Waals surface area (Å²) in [5.41, 5.74) is 0.840. The van der Waals surface area contributed by atoms with Gasteiger partial charge in [0.25, 0.3) is 0 Å². The minimum absolute atomic E-state index is 0.0828. The summed E-state index contributed by atoms with van der Waals surface area (Å²) in [4.78, 5) is 25.9. The molecular formula is C24H32O3. The van der Waals surface area contributed by atoms with E-state index in [1.807, 2.05) is 18.2 Å². The average molecular weight is 369 g/mol. The van der Waals surface area contributed by atoms with E-state index in [4.69, 9.17) is 4.74 Å². The molecule has 146 valence electrons. The van der Waals surface area contributed by atoms with Crippen LogP contribution in [0.4, 0.5) is 0 Å². The molecule has 3 rings (SSSR count). The van der Waals surface area contributed by atoms with E-state index >= 15 is 0 Å². The van der Waals surface area contributed by atoms with E-state index < -0.39 is 5.41 Å². The Bertz CT molecular complexity index is 757. The molecule has 0 spiro atoms. The lowest BCUT2D eigenvalue weighted by Gasteiger charge is -2.36. The molecule has 0 unspecified atom stereocenters. The number of Topliss-reactive ketones (excluding diaryl/α,β-unsaturated/α-hetero) is 1. The molecule has 3 atom stereocenters. The molecule has 2 fully saturated rings. The van der Waals surface area contributed by atoms with Gasteiger partial charge in [0.1, 0.15) is 12.0 Å². The van der Waals surface area contributed by atoms with Crippen LogP contribution in [0.25, 0.3) is 0 Å². The summed E-state index contributed by atoms with van der Waals surface area (Å²) in [7, 11) is 0. The lowest BCUT2D eigenvalue weighted by Crippen LogP contribution is -2.46. The fourth-order valence-electron chi connectivity index (χ4n) is 5.03. The van der Waals surface area contributed by atoms with Crippen molar-refractivity contribution in [2.24, 2.45) is 16.7 Å². The van der Waals surface area contributed by atoms with E-state index in [9.17, 15) is 9.59 Å². The van der Waals surface area contributed by atoms with Gasteiger partial charge in [-0.25, -0.2) is 0 Å². The summed E-state index contributed by atoms with van der Waals surface area (Å²) in [5, 5.41) is 0. The summed E-state index contributed by atoms with van der Waals surface area (Å²) in [6.07, 6.45) is 5.09. The maximum absolute atomic E-state index is 13.2. The number of benzene rings is 1. The van der Waals surface area contributed by atoms with E-state index in [2.05, 4.69) is 52.8 Å². The van der Waals surface area contributed by atoms with Crippen molar-refractivity contribution in [1.82, 2.24) is 0 Å². The molecule has 0 saturated heterocycles. The van der Waals surface area contributed by atoms with Gasteiger partial charge in [-0.05, 0) is 50.0 Å². The molecule has 0 heterocycles. The second-order valence-corrected chi connectivity index (χ2v) is 9.48. The summed E-state index contributed by atoms with van der Waals surface area (Å²) >= 11 is 0. The van der Waals surface area contributed by atoms with Gasteiger partial charge in [-0.15, -0.1) is 0 Å². The van der Waals surface area contributed by atoms with Crippen LogP contribution in [0.5, 0.6) is 0 Å². The lowest BCUT2D eigenvalue weighted by atomic mass is 9.69. The highest BCUT2D eigenvalue weighted by Crippen LogP contribution is 2.64. The molecule has 0 aliphatic heterocycles. The first kappa shape index (κ1) is 19.9. The summed E-state index contributed by atoms with van der Waals surface area (Å²) < 4.78 is 5.92. The maximum atomic E-state index is 13.2. The lowest BCUT2D eigenvalue weighted by molar-refractivity contribution is -0.166. The van der Waals surface area contributed by atoms with Gasteiger partial charge >= 0.3 is 5.97 Å². The average Bonchev–Trinajstić information content (AvgIpc) is 3.01. The quantitative estimate of drug-likeness (QED) is 0.392. The normalized spacial score (nSPS) is 27.9. The monoisotopic (exact) mass is 368 g/mol. The third-order valence-corrected chi connectivity index (χ3v) is 7.20. The second kappa shape index (κ2) is 6.92. The molecule has 3 nitrogen and oxygen atoms in total. The first-order chi connectivity index (χ1) is 12.6. The molecule has 3 heteroatoms. The smallest absolute Gasteiger partial charge is 0.320 e. The van der Waals surface area contributed by atoms with Gasteiger partial charge in [0.15, 0.2) is 5.78 Å². The van der Waals surface area contributed by atoms with Gasteiger partial charge in [0.2, 0.25) is 0 Å². The Morgan fingerprint density at radius 1 is 1.26 bits per heavy atom. The van der Waals surface area contributed by atoms with Crippen LogP contribution in [0.2, 0.25) is 0 Å². The van der Waals surface area contributed by atoms with Crippen LogP contribution >= 0.6 is 0 Å². The molecular weight excluding hydrogens is 336 g/mol. The Kier molecular flexibility index (Phi) is 5.09. The van der Waals surface area contributed by atoms with Gasteiger partial charge in [-0.1, -0.05) is 62.8 Å². The number of fused-ring (bicyclic) bond motifs is 2. The highest BCUT2D eigenvalue weighted by atomic mass is 16.5. The number of rotatable bonds is 6. The predicted octanol–water partition coefficient (Wildman–Crippen LogP) is 5.24. The van der Waals surface area contributed by atoms with E-state index in [0.717, 1.165) is 18.4 Å². The summed E-state index contributed by atoms with van der Waals surface area (Å²) in [6, 6.07) is 10.2. The Morgan fingerprint density at radius 2 is 1.93 bits per heavy atom. The number of allylic oxidation sites excluding steroid dienone is 2. The Labute approximate surface area is 163 Å². The zero-order valence-corrected chi connectivity index (χ0v) is 17.3. The number of carbonyl (C=O) groups is 2. The van der Waals surface area contributed by atoms with Crippen molar-refractivity contribution in [2.45, 2.75) is 65.7 Å². The largest absolute Gasteiger partial charge is 0.464 e. The van der Waals surface area contributed by atoms with Crippen molar-refractivity contribution < 1.29 is 14.3 Å². The van der Waals surface area contributed by atoms with E-state index in [1.165, 1.54) is 5.57 Å². The van der Waals surface area contributed by atoms with Crippen molar-refractivity contribution in [3.63, 3.8) is 0 Å². The molecule has 1 aromatic carbocycles. The van der Waals surface area contributed by atoms with Gasteiger partial charge in [-0.2, -0.15) is 0 Å². The fraction of sp³-hybridized carbons (Fsp3) is 0.583. The number of carbonyl (C=O) groups excluding carboxylic acids is 2. The van der Waals surface area contributed by atoms with Crippen LogP contribution in [-0.2, 0) is 19.7 Å². The maximum Gasteiger partial charge on any atom is 0.320 e. The van der Waals surface area contributed by atoms with Crippen molar-refractivity contribution >= 4 is 11.8 Å². The van der Waals surface area contributed by atoms with Gasteiger partial charge < -0.3 is 4.74 Å². The van der Waals surface area contributed by atoms with Gasteiger partial charge in [0.05, 0.1) is 0 Å². The number of hydrogen-bond donors (Lipinski definition) is 0. The zero-order chi connectivity index (χ0) is 19.9. The molecule has 2 aliphatic rings. The van der Waals surface area contributed by atoms with Crippen LogP contribution in [0.3, 0.4) is 0 Å². The Balaban J connectivity index is 1.83.